The molecule has 0 saturated carbocycles. The molecule has 8 nitrogen and oxygen atoms in total. The highest BCUT2D eigenvalue weighted by Gasteiger charge is 2.11. The molecule has 0 unspecified atom stereocenters. The molecule has 2 N–H and O–H groups in total. The summed E-state index contributed by atoms with van der Waals surface area (Å²) in [5.41, 5.74) is 2.90. The minimum Gasteiger partial charge on any atom is -0.497 e. The lowest BCUT2D eigenvalue weighted by atomic mass is 10.2. The van der Waals surface area contributed by atoms with E-state index in [1.165, 1.54) is 30.7 Å². The van der Waals surface area contributed by atoms with Crippen molar-refractivity contribution in [2.24, 2.45) is 5.10 Å². The largest absolute Gasteiger partial charge is 0.497 e. The first kappa shape index (κ1) is 18.3. The van der Waals surface area contributed by atoms with Crippen LogP contribution in [-0.2, 0) is 0 Å². The van der Waals surface area contributed by atoms with Crippen LogP contribution in [0.15, 0.2) is 51.7 Å². The van der Waals surface area contributed by atoms with Gasteiger partial charge in [0, 0.05) is 11.6 Å². The van der Waals surface area contributed by atoms with Gasteiger partial charge in [-0.15, -0.1) is 11.3 Å². The number of hydrogen-bond donors (Lipinski definition) is 2. The van der Waals surface area contributed by atoms with Gasteiger partial charge in [-0.25, -0.2) is 10.2 Å². The standard InChI is InChI=1S/C18H16N4O4S/c1-25-12-6-5-11(15(8-12)26-2)10-19-22-17(23)14-9-13(20-18(24)21-14)16-4-3-7-27-16/h3-10H,1-2H3,(H,22,23)(H,20,21,24)/b19-10+. The maximum absolute atomic E-state index is 12.3. The van der Waals surface area contributed by atoms with Crippen molar-refractivity contribution in [3.63, 3.8) is 0 Å². The number of amides is 1. The number of aromatic amines is 1. The molecule has 0 aliphatic carbocycles. The Hall–Kier alpha value is -3.46. The highest BCUT2D eigenvalue weighted by molar-refractivity contribution is 7.13. The fourth-order valence-corrected chi connectivity index (χ4v) is 2.98. The molecule has 27 heavy (non-hydrogen) atoms. The van der Waals surface area contributed by atoms with Crippen molar-refractivity contribution in [1.82, 2.24) is 15.4 Å². The summed E-state index contributed by atoms with van der Waals surface area (Å²) in [4.78, 5) is 31.1. The van der Waals surface area contributed by atoms with Crippen LogP contribution in [0.25, 0.3) is 10.6 Å². The van der Waals surface area contributed by atoms with Gasteiger partial charge in [-0.2, -0.15) is 10.1 Å². The third-order valence-electron chi connectivity index (χ3n) is 3.57. The number of H-pyrrole nitrogens is 1. The van der Waals surface area contributed by atoms with Crippen molar-refractivity contribution in [3.05, 3.63) is 63.5 Å². The molecular formula is C18H16N4O4S. The van der Waals surface area contributed by atoms with E-state index in [0.29, 0.717) is 22.8 Å². The minimum atomic E-state index is -0.605. The zero-order valence-corrected chi connectivity index (χ0v) is 15.4. The Morgan fingerprint density at radius 1 is 1.26 bits per heavy atom. The smallest absolute Gasteiger partial charge is 0.346 e. The van der Waals surface area contributed by atoms with Crippen LogP contribution < -0.4 is 20.6 Å². The van der Waals surface area contributed by atoms with E-state index < -0.39 is 11.6 Å². The van der Waals surface area contributed by atoms with E-state index in [0.717, 1.165) is 4.88 Å². The molecule has 0 atom stereocenters. The van der Waals surface area contributed by atoms with Gasteiger partial charge in [-0.05, 0) is 29.6 Å². The van der Waals surface area contributed by atoms with E-state index in [1.807, 2.05) is 17.5 Å². The van der Waals surface area contributed by atoms with Gasteiger partial charge in [0.25, 0.3) is 5.91 Å². The molecule has 0 spiro atoms. The molecule has 3 rings (SSSR count). The molecule has 2 aromatic heterocycles. The highest BCUT2D eigenvalue weighted by atomic mass is 32.1. The fraction of sp³-hybridized carbons (Fsp3) is 0.111. The summed E-state index contributed by atoms with van der Waals surface area (Å²) in [6, 6.07) is 10.4. The van der Waals surface area contributed by atoms with E-state index in [2.05, 4.69) is 20.5 Å². The van der Waals surface area contributed by atoms with Crippen LogP contribution in [0.1, 0.15) is 16.1 Å². The maximum atomic E-state index is 12.3. The quantitative estimate of drug-likeness (QED) is 0.501. The SMILES string of the molecule is COc1ccc(/C=N/NC(=O)c2cc(-c3cccs3)[nH]c(=O)n2)c(OC)c1. The van der Waals surface area contributed by atoms with E-state index in [9.17, 15) is 9.59 Å². The summed E-state index contributed by atoms with van der Waals surface area (Å²) in [6.07, 6.45) is 1.43. The molecule has 0 fully saturated rings. The lowest BCUT2D eigenvalue weighted by Crippen LogP contribution is -2.24. The second-order valence-corrected chi connectivity index (χ2v) is 6.22. The number of nitrogens with one attached hydrogen (secondary N) is 2. The zero-order chi connectivity index (χ0) is 19.2. The van der Waals surface area contributed by atoms with Crippen molar-refractivity contribution in [2.75, 3.05) is 14.2 Å². The predicted molar refractivity (Wildman–Crippen MR) is 103 cm³/mol. The number of rotatable bonds is 6. The third-order valence-corrected chi connectivity index (χ3v) is 4.48. The number of carbonyl (C=O) groups is 1. The minimum absolute atomic E-state index is 0.0269. The maximum Gasteiger partial charge on any atom is 0.346 e. The highest BCUT2D eigenvalue weighted by Crippen LogP contribution is 2.23. The summed E-state index contributed by atoms with van der Waals surface area (Å²) in [5, 5.41) is 5.78. The van der Waals surface area contributed by atoms with Gasteiger partial charge in [0.1, 0.15) is 17.2 Å². The number of nitrogens with zero attached hydrogens (tertiary/aromatic N) is 2. The number of thiophene rings is 1. The number of methoxy groups -OCH3 is 2. The Morgan fingerprint density at radius 3 is 2.81 bits per heavy atom. The van der Waals surface area contributed by atoms with Crippen molar-refractivity contribution >= 4 is 23.5 Å². The fourth-order valence-electron chi connectivity index (χ4n) is 2.28. The summed E-state index contributed by atoms with van der Waals surface area (Å²) in [5.74, 6) is 0.589. The molecule has 0 bridgehead atoms. The molecule has 0 aliphatic rings. The monoisotopic (exact) mass is 384 g/mol. The molecule has 3 aromatic rings. The van der Waals surface area contributed by atoms with Gasteiger partial charge in [-0.1, -0.05) is 6.07 Å². The van der Waals surface area contributed by atoms with Gasteiger partial charge in [-0.3, -0.25) is 4.79 Å². The van der Waals surface area contributed by atoms with Crippen LogP contribution in [0, 0.1) is 0 Å². The molecule has 1 amide bonds. The van der Waals surface area contributed by atoms with Gasteiger partial charge in [0.2, 0.25) is 0 Å². The first-order valence-corrected chi connectivity index (χ1v) is 8.69. The van der Waals surface area contributed by atoms with Crippen LogP contribution in [0.4, 0.5) is 0 Å². The first-order valence-electron chi connectivity index (χ1n) is 7.81. The van der Waals surface area contributed by atoms with Crippen LogP contribution in [-0.4, -0.2) is 36.3 Å². The normalized spacial score (nSPS) is 10.7. The van der Waals surface area contributed by atoms with Gasteiger partial charge >= 0.3 is 5.69 Å². The number of hydrogen-bond acceptors (Lipinski definition) is 7. The average Bonchev–Trinajstić information content (AvgIpc) is 3.22. The number of benzene rings is 1. The van der Waals surface area contributed by atoms with Gasteiger partial charge < -0.3 is 14.5 Å². The van der Waals surface area contributed by atoms with Crippen LogP contribution >= 0.6 is 11.3 Å². The van der Waals surface area contributed by atoms with Crippen LogP contribution in [0.3, 0.4) is 0 Å². The molecule has 0 radical (unpaired) electrons. The van der Waals surface area contributed by atoms with Crippen molar-refractivity contribution < 1.29 is 14.3 Å². The Bertz CT molecular complexity index is 1030. The third kappa shape index (κ3) is 4.39. The Labute approximate surface area is 158 Å². The summed E-state index contributed by atoms with van der Waals surface area (Å²) in [6.45, 7) is 0. The molecule has 1 aromatic carbocycles. The molecule has 9 heteroatoms. The predicted octanol–water partition coefficient (Wildman–Crippen LogP) is 2.28. The van der Waals surface area contributed by atoms with Crippen LogP contribution in [0.5, 0.6) is 11.5 Å². The lowest BCUT2D eigenvalue weighted by Gasteiger charge is -2.07. The van der Waals surface area contributed by atoms with Crippen molar-refractivity contribution in [2.45, 2.75) is 0 Å². The summed E-state index contributed by atoms with van der Waals surface area (Å²) >= 11 is 1.44. The van der Waals surface area contributed by atoms with Gasteiger partial charge in [0.05, 0.1) is 31.0 Å². The molecule has 2 heterocycles. The Balaban J connectivity index is 1.77. The Kier molecular flexibility index (Phi) is 5.62. The topological polar surface area (TPSA) is 106 Å². The van der Waals surface area contributed by atoms with Crippen molar-refractivity contribution in [3.8, 4) is 22.1 Å². The number of carbonyl (C=O) groups excluding carboxylic acids is 1. The van der Waals surface area contributed by atoms with E-state index in [1.54, 1.807) is 25.3 Å². The first-order chi connectivity index (χ1) is 13.1. The molecular weight excluding hydrogens is 368 g/mol. The van der Waals surface area contributed by atoms with E-state index >= 15 is 0 Å². The number of hydrazone groups is 1. The second-order valence-electron chi connectivity index (χ2n) is 5.27. The molecule has 138 valence electrons. The zero-order valence-electron chi connectivity index (χ0n) is 14.6. The number of aromatic nitrogens is 2. The Morgan fingerprint density at radius 2 is 2.11 bits per heavy atom. The van der Waals surface area contributed by atoms with Gasteiger partial charge in [0.15, 0.2) is 0 Å². The summed E-state index contributed by atoms with van der Waals surface area (Å²) in [7, 11) is 3.08. The van der Waals surface area contributed by atoms with Crippen LogP contribution in [0.2, 0.25) is 0 Å². The molecule has 0 aliphatic heterocycles. The van der Waals surface area contributed by atoms with Crippen molar-refractivity contribution in [1.29, 1.82) is 0 Å². The van der Waals surface area contributed by atoms with E-state index in [-0.39, 0.29) is 5.69 Å². The molecule has 0 saturated heterocycles. The second kappa shape index (κ2) is 8.28. The lowest BCUT2D eigenvalue weighted by molar-refractivity contribution is 0.0949. The van der Waals surface area contributed by atoms with E-state index in [4.69, 9.17) is 9.47 Å². The number of ether oxygens (including phenoxy) is 2. The average molecular weight is 384 g/mol. The summed E-state index contributed by atoms with van der Waals surface area (Å²) < 4.78 is 10.4.